The number of guanidine groups is 1. The lowest BCUT2D eigenvalue weighted by atomic mass is 10.1. The molecular weight excluding hydrogens is 348 g/mol. The highest BCUT2D eigenvalue weighted by atomic mass is 32.1. The molecule has 0 unspecified atom stereocenters. The maximum absolute atomic E-state index is 5.93. The minimum Gasteiger partial charge on any atom is -0.385 e. The molecule has 2 heterocycles. The van der Waals surface area contributed by atoms with Crippen LogP contribution in [0.15, 0.2) is 10.4 Å². The summed E-state index contributed by atoms with van der Waals surface area (Å²) >= 11 is 1.76. The molecule has 1 aromatic rings. The van der Waals surface area contributed by atoms with Crippen molar-refractivity contribution >= 4 is 17.3 Å². The number of ether oxygens (including phenoxy) is 2. The molecule has 0 amide bonds. The van der Waals surface area contributed by atoms with Gasteiger partial charge in [0.2, 0.25) is 0 Å². The number of methoxy groups -OCH3 is 1. The van der Waals surface area contributed by atoms with E-state index in [2.05, 4.69) is 34.4 Å². The number of hydrogen-bond acceptors (Lipinski definition) is 5. The van der Waals surface area contributed by atoms with E-state index >= 15 is 0 Å². The van der Waals surface area contributed by atoms with Crippen LogP contribution in [0.5, 0.6) is 0 Å². The number of likely N-dealkylation sites (tertiary alicyclic amines) is 1. The highest BCUT2D eigenvalue weighted by Crippen LogP contribution is 2.19. The summed E-state index contributed by atoms with van der Waals surface area (Å²) in [6.07, 6.45) is 4.37. The van der Waals surface area contributed by atoms with Gasteiger partial charge in [-0.05, 0) is 19.3 Å². The van der Waals surface area contributed by atoms with Crippen LogP contribution in [0.25, 0.3) is 0 Å². The van der Waals surface area contributed by atoms with Gasteiger partial charge in [-0.2, -0.15) is 0 Å². The number of aliphatic imine (C=N–C) groups is 1. The number of rotatable bonds is 9. The molecule has 26 heavy (non-hydrogen) atoms. The molecule has 1 aliphatic rings. The molecule has 0 radical (unpaired) electrons. The highest BCUT2D eigenvalue weighted by molar-refractivity contribution is 7.09. The zero-order valence-electron chi connectivity index (χ0n) is 16.7. The highest BCUT2D eigenvalue weighted by Gasteiger charge is 2.21. The molecule has 0 saturated carbocycles. The van der Waals surface area contributed by atoms with Crippen molar-refractivity contribution in [2.24, 2.45) is 4.99 Å². The van der Waals surface area contributed by atoms with E-state index in [9.17, 15) is 0 Å². The van der Waals surface area contributed by atoms with Crippen LogP contribution < -0.4 is 5.32 Å². The van der Waals surface area contributed by atoms with Crippen LogP contribution in [-0.2, 0) is 15.9 Å². The maximum Gasteiger partial charge on any atom is 0.193 e. The van der Waals surface area contributed by atoms with E-state index in [0.29, 0.717) is 12.0 Å². The second-order valence-corrected chi connectivity index (χ2v) is 7.85. The lowest BCUT2D eigenvalue weighted by Crippen LogP contribution is -2.47. The Morgan fingerprint density at radius 3 is 2.77 bits per heavy atom. The number of hydrogen-bond donors (Lipinski definition) is 1. The second kappa shape index (κ2) is 11.5. The van der Waals surface area contributed by atoms with Crippen molar-refractivity contribution < 1.29 is 9.47 Å². The zero-order valence-corrected chi connectivity index (χ0v) is 17.5. The van der Waals surface area contributed by atoms with E-state index in [-0.39, 0.29) is 0 Å². The van der Waals surface area contributed by atoms with Gasteiger partial charge in [-0.3, -0.25) is 4.99 Å². The van der Waals surface area contributed by atoms with Crippen molar-refractivity contribution in [2.45, 2.75) is 51.6 Å². The standard InChI is InChI=1S/C19H34N4O2S/c1-15(2)18-22-16(14-26-18)6-9-21-19(20-3)23-10-7-17(8-11-23)25-13-5-12-24-4/h14-15,17H,5-13H2,1-4H3,(H,20,21). The fourth-order valence-corrected chi connectivity index (χ4v) is 3.89. The van der Waals surface area contributed by atoms with Crippen molar-refractivity contribution in [1.29, 1.82) is 0 Å². The Hall–Kier alpha value is -1.18. The number of aromatic nitrogens is 1. The van der Waals surface area contributed by atoms with Gasteiger partial charge in [0.1, 0.15) is 0 Å². The molecule has 1 aliphatic heterocycles. The second-order valence-electron chi connectivity index (χ2n) is 6.96. The molecule has 0 aromatic carbocycles. The summed E-state index contributed by atoms with van der Waals surface area (Å²) in [6.45, 7) is 8.78. The largest absolute Gasteiger partial charge is 0.385 e. The number of nitrogens with one attached hydrogen (secondary N) is 1. The third-order valence-corrected chi connectivity index (χ3v) is 5.72. The summed E-state index contributed by atoms with van der Waals surface area (Å²) < 4.78 is 11.0. The zero-order chi connectivity index (χ0) is 18.8. The Kier molecular flexibility index (Phi) is 9.36. The predicted molar refractivity (Wildman–Crippen MR) is 108 cm³/mol. The lowest BCUT2D eigenvalue weighted by molar-refractivity contribution is 0.00992. The Balaban J connectivity index is 1.67. The van der Waals surface area contributed by atoms with E-state index in [0.717, 1.165) is 64.5 Å². The van der Waals surface area contributed by atoms with Crippen LogP contribution >= 0.6 is 11.3 Å². The molecule has 1 fully saturated rings. The van der Waals surface area contributed by atoms with Gasteiger partial charge in [0.15, 0.2) is 5.96 Å². The molecule has 7 heteroatoms. The molecule has 1 saturated heterocycles. The Labute approximate surface area is 162 Å². The van der Waals surface area contributed by atoms with E-state index < -0.39 is 0 Å². The molecule has 0 bridgehead atoms. The van der Waals surface area contributed by atoms with Crippen LogP contribution in [0.4, 0.5) is 0 Å². The van der Waals surface area contributed by atoms with Gasteiger partial charge in [0.25, 0.3) is 0 Å². The van der Waals surface area contributed by atoms with E-state index in [4.69, 9.17) is 14.5 Å². The fourth-order valence-electron chi connectivity index (χ4n) is 3.02. The smallest absolute Gasteiger partial charge is 0.193 e. The summed E-state index contributed by atoms with van der Waals surface area (Å²) in [6, 6.07) is 0. The van der Waals surface area contributed by atoms with Gasteiger partial charge in [0, 0.05) is 64.7 Å². The van der Waals surface area contributed by atoms with Crippen molar-refractivity contribution in [1.82, 2.24) is 15.2 Å². The first-order valence-corrected chi connectivity index (χ1v) is 10.5. The Morgan fingerprint density at radius 2 is 2.15 bits per heavy atom. The summed E-state index contributed by atoms with van der Waals surface area (Å²) in [5.74, 6) is 1.50. The number of piperidine rings is 1. The van der Waals surface area contributed by atoms with Gasteiger partial charge in [0.05, 0.1) is 16.8 Å². The minimum absolute atomic E-state index is 0.366. The topological polar surface area (TPSA) is 59.0 Å². The Bertz CT molecular complexity index is 539. The molecule has 2 rings (SSSR count). The molecular formula is C19H34N4O2S. The van der Waals surface area contributed by atoms with Gasteiger partial charge in [-0.25, -0.2) is 4.98 Å². The monoisotopic (exact) mass is 382 g/mol. The third-order valence-electron chi connectivity index (χ3n) is 4.53. The van der Waals surface area contributed by atoms with Crippen LogP contribution in [0.3, 0.4) is 0 Å². The van der Waals surface area contributed by atoms with Crippen molar-refractivity contribution in [3.8, 4) is 0 Å². The third kappa shape index (κ3) is 6.85. The molecule has 1 aromatic heterocycles. The molecule has 0 spiro atoms. The van der Waals surface area contributed by atoms with Crippen molar-refractivity contribution in [3.05, 3.63) is 16.1 Å². The maximum atomic E-state index is 5.93. The average molecular weight is 383 g/mol. The van der Waals surface area contributed by atoms with Crippen LogP contribution in [0.2, 0.25) is 0 Å². The number of thiazole rings is 1. The number of nitrogens with zero attached hydrogens (tertiary/aromatic N) is 3. The summed E-state index contributed by atoms with van der Waals surface area (Å²) in [5.41, 5.74) is 1.17. The average Bonchev–Trinajstić information content (AvgIpc) is 3.12. The normalized spacial score (nSPS) is 16.5. The SMILES string of the molecule is CN=C(NCCc1csc(C(C)C)n1)N1CCC(OCCCOC)CC1. The first-order chi connectivity index (χ1) is 12.6. The van der Waals surface area contributed by atoms with Gasteiger partial charge >= 0.3 is 0 Å². The van der Waals surface area contributed by atoms with E-state index in [1.165, 1.54) is 10.7 Å². The van der Waals surface area contributed by atoms with Gasteiger partial charge < -0.3 is 19.7 Å². The molecule has 1 N–H and O–H groups in total. The van der Waals surface area contributed by atoms with Gasteiger partial charge in [-0.15, -0.1) is 11.3 Å². The van der Waals surface area contributed by atoms with Gasteiger partial charge in [-0.1, -0.05) is 13.8 Å². The van der Waals surface area contributed by atoms with E-state index in [1.807, 2.05) is 7.05 Å². The first-order valence-electron chi connectivity index (χ1n) is 9.64. The molecule has 0 atom stereocenters. The van der Waals surface area contributed by atoms with Crippen LogP contribution in [0, 0.1) is 0 Å². The first kappa shape index (κ1) is 21.1. The summed E-state index contributed by atoms with van der Waals surface area (Å²) in [5, 5.41) is 6.88. The van der Waals surface area contributed by atoms with Crippen LogP contribution in [0.1, 0.15) is 49.7 Å². The predicted octanol–water partition coefficient (Wildman–Crippen LogP) is 2.90. The van der Waals surface area contributed by atoms with E-state index in [1.54, 1.807) is 18.4 Å². The quantitative estimate of drug-likeness (QED) is 0.404. The van der Waals surface area contributed by atoms with Crippen molar-refractivity contribution in [2.75, 3.05) is 47.0 Å². The summed E-state index contributed by atoms with van der Waals surface area (Å²) in [7, 11) is 3.59. The van der Waals surface area contributed by atoms with Crippen molar-refractivity contribution in [3.63, 3.8) is 0 Å². The lowest BCUT2D eigenvalue weighted by Gasteiger charge is -2.34. The van der Waals surface area contributed by atoms with Crippen LogP contribution in [-0.4, -0.2) is 69.0 Å². The minimum atomic E-state index is 0.366. The fraction of sp³-hybridized carbons (Fsp3) is 0.789. The Morgan fingerprint density at radius 1 is 1.38 bits per heavy atom. The summed E-state index contributed by atoms with van der Waals surface area (Å²) in [4.78, 5) is 11.5. The molecule has 6 nitrogen and oxygen atoms in total. The molecule has 148 valence electrons. The molecule has 0 aliphatic carbocycles.